The second kappa shape index (κ2) is 8.38. The zero-order chi connectivity index (χ0) is 18.0. The van der Waals surface area contributed by atoms with Crippen LogP contribution in [0.15, 0.2) is 33.3 Å². The molecule has 0 radical (unpaired) electrons. The number of hydrogen-bond acceptors (Lipinski definition) is 6. The predicted octanol–water partition coefficient (Wildman–Crippen LogP) is 4.10. The maximum absolute atomic E-state index is 5.93. The monoisotopic (exact) mass is 376 g/mol. The first-order valence-corrected chi connectivity index (χ1v) is 8.34. The van der Waals surface area contributed by atoms with Gasteiger partial charge >= 0.3 is 0 Å². The van der Waals surface area contributed by atoms with Crippen molar-refractivity contribution in [1.82, 2.24) is 15.2 Å². The Morgan fingerprint density at radius 3 is 1.85 bits per heavy atom. The summed E-state index contributed by atoms with van der Waals surface area (Å²) < 4.78 is 10.6. The molecule has 0 aliphatic carbocycles. The SMILES string of the molecule is Cc1noc(C)c1CN(Cc1cccc(N)c1)Cc1c(C)noc1C.Cl. The van der Waals surface area contributed by atoms with Crippen LogP contribution >= 0.6 is 12.4 Å². The summed E-state index contributed by atoms with van der Waals surface area (Å²) in [4.78, 5) is 2.33. The Balaban J connectivity index is 0.00000243. The standard InChI is InChI=1S/C19H24N4O2.ClH/c1-12-18(14(3)24-21-12)10-23(9-16-6-5-7-17(20)8-16)11-19-13(2)22-25-15(19)4;/h5-8H,9-11,20H2,1-4H3;1H. The lowest BCUT2D eigenvalue weighted by Crippen LogP contribution is -2.23. The van der Waals surface area contributed by atoms with E-state index in [-0.39, 0.29) is 12.4 Å². The molecule has 2 N–H and O–H groups in total. The molecule has 3 rings (SSSR count). The average molecular weight is 377 g/mol. The Morgan fingerprint density at radius 1 is 0.885 bits per heavy atom. The van der Waals surface area contributed by atoms with Gasteiger partial charge < -0.3 is 14.8 Å². The third-order valence-corrected chi connectivity index (χ3v) is 4.48. The molecular weight excluding hydrogens is 352 g/mol. The van der Waals surface area contributed by atoms with Crippen LogP contribution < -0.4 is 5.73 Å². The summed E-state index contributed by atoms with van der Waals surface area (Å²) in [6, 6.07) is 7.97. The molecule has 3 aromatic rings. The molecule has 6 nitrogen and oxygen atoms in total. The van der Waals surface area contributed by atoms with Crippen LogP contribution in [0.25, 0.3) is 0 Å². The van der Waals surface area contributed by atoms with E-state index in [4.69, 9.17) is 14.8 Å². The summed E-state index contributed by atoms with van der Waals surface area (Å²) in [5.74, 6) is 1.71. The third-order valence-electron chi connectivity index (χ3n) is 4.48. The van der Waals surface area contributed by atoms with Crippen LogP contribution in [0.5, 0.6) is 0 Å². The highest BCUT2D eigenvalue weighted by Gasteiger charge is 2.18. The highest BCUT2D eigenvalue weighted by Crippen LogP contribution is 2.22. The van der Waals surface area contributed by atoms with Crippen molar-refractivity contribution in [2.24, 2.45) is 0 Å². The molecule has 1 aromatic carbocycles. The molecule has 2 heterocycles. The Kier molecular flexibility index (Phi) is 6.45. The van der Waals surface area contributed by atoms with Crippen LogP contribution in [0.2, 0.25) is 0 Å². The van der Waals surface area contributed by atoms with Crippen molar-refractivity contribution in [3.63, 3.8) is 0 Å². The molecule has 140 valence electrons. The molecule has 0 saturated carbocycles. The molecule has 0 spiro atoms. The maximum atomic E-state index is 5.93. The Morgan fingerprint density at radius 2 is 1.42 bits per heavy atom. The predicted molar refractivity (Wildman–Crippen MR) is 103 cm³/mol. The van der Waals surface area contributed by atoms with Gasteiger partial charge in [-0.15, -0.1) is 12.4 Å². The molecule has 0 aliphatic heterocycles. The van der Waals surface area contributed by atoms with E-state index in [0.29, 0.717) is 0 Å². The summed E-state index contributed by atoms with van der Waals surface area (Å²) >= 11 is 0. The number of benzene rings is 1. The lowest BCUT2D eigenvalue weighted by molar-refractivity contribution is 0.243. The highest BCUT2D eigenvalue weighted by molar-refractivity contribution is 5.85. The quantitative estimate of drug-likeness (QED) is 0.652. The number of nitrogens with two attached hydrogens (primary N) is 1. The van der Waals surface area contributed by atoms with Crippen LogP contribution in [0.1, 0.15) is 39.6 Å². The van der Waals surface area contributed by atoms with Crippen LogP contribution in [0.4, 0.5) is 5.69 Å². The molecule has 0 aliphatic rings. The fraction of sp³-hybridized carbons (Fsp3) is 0.368. The van der Waals surface area contributed by atoms with E-state index >= 15 is 0 Å². The molecule has 26 heavy (non-hydrogen) atoms. The van der Waals surface area contributed by atoms with Crippen molar-refractivity contribution < 1.29 is 9.05 Å². The van der Waals surface area contributed by atoms with Gasteiger partial charge in [-0.25, -0.2) is 0 Å². The smallest absolute Gasteiger partial charge is 0.138 e. The van der Waals surface area contributed by atoms with Gasteiger partial charge in [-0.05, 0) is 45.4 Å². The van der Waals surface area contributed by atoms with Gasteiger partial charge in [0, 0.05) is 36.4 Å². The van der Waals surface area contributed by atoms with E-state index in [1.54, 1.807) is 0 Å². The molecule has 7 heteroatoms. The third kappa shape index (κ3) is 4.45. The van der Waals surface area contributed by atoms with Gasteiger partial charge in [-0.3, -0.25) is 4.90 Å². The number of nitrogens with zero attached hydrogens (tertiary/aromatic N) is 3. The first-order chi connectivity index (χ1) is 11.9. The van der Waals surface area contributed by atoms with Crippen molar-refractivity contribution in [2.75, 3.05) is 5.73 Å². The number of nitrogen functional groups attached to an aromatic ring is 1. The molecule has 0 saturated heterocycles. The Labute approximate surface area is 159 Å². The van der Waals surface area contributed by atoms with E-state index in [1.807, 2.05) is 45.9 Å². The topological polar surface area (TPSA) is 81.3 Å². The molecule has 0 amide bonds. The van der Waals surface area contributed by atoms with Crippen LogP contribution in [-0.2, 0) is 19.6 Å². The minimum Gasteiger partial charge on any atom is -0.399 e. The summed E-state index contributed by atoms with van der Waals surface area (Å²) in [6.07, 6.45) is 0. The molecule has 0 unspecified atom stereocenters. The number of anilines is 1. The van der Waals surface area contributed by atoms with Crippen LogP contribution in [0, 0.1) is 27.7 Å². The Hall–Kier alpha value is -2.31. The van der Waals surface area contributed by atoms with Gasteiger partial charge in [0.05, 0.1) is 11.4 Å². The fourth-order valence-electron chi connectivity index (χ4n) is 3.02. The van der Waals surface area contributed by atoms with E-state index in [1.165, 1.54) is 5.56 Å². The minimum atomic E-state index is 0. The molecule has 0 atom stereocenters. The van der Waals surface area contributed by atoms with E-state index in [2.05, 4.69) is 21.3 Å². The zero-order valence-corrected chi connectivity index (χ0v) is 16.4. The highest BCUT2D eigenvalue weighted by atomic mass is 35.5. The van der Waals surface area contributed by atoms with E-state index in [0.717, 1.165) is 59.4 Å². The lowest BCUT2D eigenvalue weighted by atomic mass is 10.1. The molecule has 0 fully saturated rings. The number of halogens is 1. The van der Waals surface area contributed by atoms with Crippen molar-refractivity contribution >= 4 is 18.1 Å². The Bertz CT molecular complexity index is 785. The lowest BCUT2D eigenvalue weighted by Gasteiger charge is -2.22. The first-order valence-electron chi connectivity index (χ1n) is 8.34. The van der Waals surface area contributed by atoms with Crippen molar-refractivity contribution in [2.45, 2.75) is 47.3 Å². The van der Waals surface area contributed by atoms with Gasteiger partial charge in [0.15, 0.2) is 0 Å². The summed E-state index contributed by atoms with van der Waals surface area (Å²) in [5, 5.41) is 8.14. The van der Waals surface area contributed by atoms with Crippen molar-refractivity contribution in [3.05, 3.63) is 63.9 Å². The molecular formula is C19H25ClN4O2. The van der Waals surface area contributed by atoms with Crippen molar-refractivity contribution in [1.29, 1.82) is 0 Å². The molecule has 0 bridgehead atoms. The number of aryl methyl sites for hydroxylation is 4. The van der Waals surface area contributed by atoms with Gasteiger partial charge in [0.1, 0.15) is 11.5 Å². The summed E-state index contributed by atoms with van der Waals surface area (Å²) in [5.41, 5.74) is 12.0. The maximum Gasteiger partial charge on any atom is 0.138 e. The largest absolute Gasteiger partial charge is 0.399 e. The van der Waals surface area contributed by atoms with Crippen molar-refractivity contribution in [3.8, 4) is 0 Å². The second-order valence-electron chi connectivity index (χ2n) is 6.50. The van der Waals surface area contributed by atoms with Gasteiger partial charge in [0.25, 0.3) is 0 Å². The minimum absolute atomic E-state index is 0. The summed E-state index contributed by atoms with van der Waals surface area (Å²) in [6.45, 7) is 10.1. The fourth-order valence-corrected chi connectivity index (χ4v) is 3.02. The number of rotatable bonds is 6. The van der Waals surface area contributed by atoms with E-state index < -0.39 is 0 Å². The van der Waals surface area contributed by atoms with E-state index in [9.17, 15) is 0 Å². The molecule has 2 aromatic heterocycles. The zero-order valence-electron chi connectivity index (χ0n) is 15.6. The van der Waals surface area contributed by atoms with Gasteiger partial charge in [-0.1, -0.05) is 22.4 Å². The van der Waals surface area contributed by atoms with Crippen LogP contribution in [-0.4, -0.2) is 15.2 Å². The number of aromatic nitrogens is 2. The summed E-state index contributed by atoms with van der Waals surface area (Å²) in [7, 11) is 0. The normalized spacial score (nSPS) is 11.0. The van der Waals surface area contributed by atoms with Crippen LogP contribution in [0.3, 0.4) is 0 Å². The number of hydrogen-bond donors (Lipinski definition) is 1. The first kappa shape index (κ1) is 20.0. The second-order valence-corrected chi connectivity index (χ2v) is 6.50. The average Bonchev–Trinajstić information content (AvgIpc) is 3.05. The van der Waals surface area contributed by atoms with Gasteiger partial charge in [0.2, 0.25) is 0 Å². The van der Waals surface area contributed by atoms with Gasteiger partial charge in [-0.2, -0.15) is 0 Å².